The Morgan fingerprint density at radius 2 is 1.88 bits per heavy atom. The SMILES string of the molecule is Cc1cc2c(=O)c(C(=O)O)cn(Cc3c(F)cccc3F)c2cc1Br. The second kappa shape index (κ2) is 6.40. The summed E-state index contributed by atoms with van der Waals surface area (Å²) in [4.78, 5) is 23.8. The molecule has 0 bridgehead atoms. The van der Waals surface area contributed by atoms with Crippen molar-refractivity contribution in [2.75, 3.05) is 0 Å². The second-order valence-corrected chi connectivity index (χ2v) is 6.48. The van der Waals surface area contributed by atoms with Crippen LogP contribution < -0.4 is 5.43 Å². The molecule has 0 aliphatic heterocycles. The molecule has 4 nitrogen and oxygen atoms in total. The van der Waals surface area contributed by atoms with E-state index in [4.69, 9.17) is 0 Å². The number of hydrogen-bond acceptors (Lipinski definition) is 2. The molecule has 128 valence electrons. The maximum Gasteiger partial charge on any atom is 0.341 e. The first-order valence-electron chi connectivity index (χ1n) is 7.29. The minimum Gasteiger partial charge on any atom is -0.477 e. The largest absolute Gasteiger partial charge is 0.477 e. The lowest BCUT2D eigenvalue weighted by molar-refractivity contribution is 0.0695. The molecule has 1 heterocycles. The van der Waals surface area contributed by atoms with Crippen molar-refractivity contribution >= 4 is 32.8 Å². The van der Waals surface area contributed by atoms with Gasteiger partial charge in [-0.3, -0.25) is 4.79 Å². The fourth-order valence-corrected chi connectivity index (χ4v) is 2.99. The van der Waals surface area contributed by atoms with Crippen LogP contribution in [0.5, 0.6) is 0 Å². The smallest absolute Gasteiger partial charge is 0.341 e. The molecule has 0 fully saturated rings. The van der Waals surface area contributed by atoms with E-state index in [9.17, 15) is 23.5 Å². The highest BCUT2D eigenvalue weighted by Gasteiger charge is 2.17. The van der Waals surface area contributed by atoms with Gasteiger partial charge in [-0.25, -0.2) is 13.6 Å². The number of carboxylic acid groups (broad SMARTS) is 1. The molecule has 1 N–H and O–H groups in total. The van der Waals surface area contributed by atoms with Gasteiger partial charge in [0, 0.05) is 21.6 Å². The van der Waals surface area contributed by atoms with Crippen molar-refractivity contribution in [3.8, 4) is 0 Å². The summed E-state index contributed by atoms with van der Waals surface area (Å²) in [6.07, 6.45) is 1.11. The maximum atomic E-state index is 14.0. The summed E-state index contributed by atoms with van der Waals surface area (Å²) in [6.45, 7) is 1.52. The number of carbonyl (C=O) groups is 1. The van der Waals surface area contributed by atoms with E-state index < -0.39 is 28.6 Å². The number of aromatic carboxylic acids is 1. The van der Waals surface area contributed by atoms with E-state index in [2.05, 4.69) is 15.9 Å². The summed E-state index contributed by atoms with van der Waals surface area (Å²) in [5, 5.41) is 9.46. The first-order chi connectivity index (χ1) is 11.8. The third-order valence-corrected chi connectivity index (χ3v) is 4.84. The van der Waals surface area contributed by atoms with Gasteiger partial charge in [0.25, 0.3) is 0 Å². The van der Waals surface area contributed by atoms with E-state index >= 15 is 0 Å². The van der Waals surface area contributed by atoms with Crippen LogP contribution in [0.25, 0.3) is 10.9 Å². The zero-order chi connectivity index (χ0) is 18.3. The third kappa shape index (κ3) is 3.07. The average molecular weight is 408 g/mol. The zero-order valence-corrected chi connectivity index (χ0v) is 14.6. The van der Waals surface area contributed by atoms with E-state index in [1.165, 1.54) is 10.6 Å². The molecule has 2 aromatic carbocycles. The Morgan fingerprint density at radius 3 is 2.48 bits per heavy atom. The van der Waals surface area contributed by atoms with E-state index in [1.54, 1.807) is 19.1 Å². The highest BCUT2D eigenvalue weighted by molar-refractivity contribution is 9.10. The Bertz CT molecular complexity index is 1060. The number of nitrogens with zero attached hydrogens (tertiary/aromatic N) is 1. The normalized spacial score (nSPS) is 11.0. The molecule has 1 aromatic heterocycles. The van der Waals surface area contributed by atoms with Gasteiger partial charge >= 0.3 is 5.97 Å². The van der Waals surface area contributed by atoms with E-state index in [0.717, 1.165) is 23.9 Å². The summed E-state index contributed by atoms with van der Waals surface area (Å²) in [7, 11) is 0. The number of halogens is 3. The molecule has 0 spiro atoms. The second-order valence-electron chi connectivity index (χ2n) is 5.62. The van der Waals surface area contributed by atoms with Crippen LogP contribution in [0.4, 0.5) is 8.78 Å². The van der Waals surface area contributed by atoms with Crippen LogP contribution in [0.2, 0.25) is 0 Å². The zero-order valence-electron chi connectivity index (χ0n) is 13.0. The van der Waals surface area contributed by atoms with Gasteiger partial charge in [-0.15, -0.1) is 0 Å². The monoisotopic (exact) mass is 407 g/mol. The molecule has 3 rings (SSSR count). The number of aromatic nitrogens is 1. The summed E-state index contributed by atoms with van der Waals surface area (Å²) in [5.74, 6) is -2.87. The van der Waals surface area contributed by atoms with Crippen molar-refractivity contribution in [1.29, 1.82) is 0 Å². The van der Waals surface area contributed by atoms with Crippen LogP contribution in [0.15, 0.2) is 45.8 Å². The molecule has 0 unspecified atom stereocenters. The highest BCUT2D eigenvalue weighted by atomic mass is 79.9. The van der Waals surface area contributed by atoms with Crippen molar-refractivity contribution in [2.24, 2.45) is 0 Å². The molecule has 0 saturated heterocycles. The molecule has 3 aromatic rings. The van der Waals surface area contributed by atoms with E-state index in [0.29, 0.717) is 9.99 Å². The van der Waals surface area contributed by atoms with E-state index in [1.807, 2.05) is 0 Å². The Hall–Kier alpha value is -2.54. The van der Waals surface area contributed by atoms with Crippen LogP contribution in [0.3, 0.4) is 0 Å². The number of carboxylic acids is 1. The lowest BCUT2D eigenvalue weighted by atomic mass is 10.1. The molecular formula is C18H12BrF2NO3. The third-order valence-electron chi connectivity index (χ3n) is 3.98. The molecule has 0 aliphatic carbocycles. The molecule has 0 atom stereocenters. The van der Waals surface area contributed by atoms with Gasteiger partial charge in [-0.1, -0.05) is 22.0 Å². The lowest BCUT2D eigenvalue weighted by Crippen LogP contribution is -2.20. The number of hydrogen-bond donors (Lipinski definition) is 1. The van der Waals surface area contributed by atoms with Gasteiger partial charge in [-0.2, -0.15) is 0 Å². The van der Waals surface area contributed by atoms with Gasteiger partial charge in [0.15, 0.2) is 0 Å². The minimum atomic E-state index is -1.39. The topological polar surface area (TPSA) is 59.3 Å². The predicted molar refractivity (Wildman–Crippen MR) is 93.1 cm³/mol. The van der Waals surface area contributed by atoms with Crippen LogP contribution in [0.1, 0.15) is 21.5 Å². The number of rotatable bonds is 3. The van der Waals surface area contributed by atoms with Crippen LogP contribution >= 0.6 is 15.9 Å². The first-order valence-corrected chi connectivity index (χ1v) is 8.08. The molecule has 0 aliphatic rings. The molecule has 25 heavy (non-hydrogen) atoms. The minimum absolute atomic E-state index is 0.178. The summed E-state index contributed by atoms with van der Waals surface area (Å²) >= 11 is 3.36. The molecule has 0 radical (unpaired) electrons. The van der Waals surface area contributed by atoms with Crippen molar-refractivity contribution in [3.05, 3.63) is 79.5 Å². The number of aryl methyl sites for hydroxylation is 1. The Kier molecular flexibility index (Phi) is 4.43. The van der Waals surface area contributed by atoms with Gasteiger partial charge in [-0.05, 0) is 36.8 Å². The maximum absolute atomic E-state index is 14.0. The van der Waals surface area contributed by atoms with Gasteiger partial charge in [0.2, 0.25) is 5.43 Å². The molecular weight excluding hydrogens is 396 g/mol. The Morgan fingerprint density at radius 1 is 1.24 bits per heavy atom. The van der Waals surface area contributed by atoms with Crippen molar-refractivity contribution in [2.45, 2.75) is 13.5 Å². The van der Waals surface area contributed by atoms with Gasteiger partial charge in [0.05, 0.1) is 12.1 Å². The highest BCUT2D eigenvalue weighted by Crippen LogP contribution is 2.24. The fraction of sp³-hybridized carbons (Fsp3) is 0.111. The van der Waals surface area contributed by atoms with Gasteiger partial charge in [0.1, 0.15) is 17.2 Å². The number of pyridine rings is 1. The van der Waals surface area contributed by atoms with E-state index in [-0.39, 0.29) is 17.5 Å². The quantitative estimate of drug-likeness (QED) is 0.710. The standard InChI is InChI=1S/C18H12BrF2NO3/c1-9-5-10-16(6-13(9)19)22(8-12(17(10)23)18(24)25)7-11-14(20)3-2-4-15(11)21/h2-6,8H,7H2,1H3,(H,24,25). The summed E-state index contributed by atoms with van der Waals surface area (Å²) in [6, 6.07) is 6.70. The number of benzene rings is 2. The van der Waals surface area contributed by atoms with Crippen molar-refractivity contribution in [3.63, 3.8) is 0 Å². The van der Waals surface area contributed by atoms with Gasteiger partial charge < -0.3 is 9.67 Å². The molecule has 0 saturated carbocycles. The Balaban J connectivity index is 2.33. The predicted octanol–water partition coefficient (Wildman–Crippen LogP) is 4.10. The summed E-state index contributed by atoms with van der Waals surface area (Å²) < 4.78 is 30.0. The fourth-order valence-electron chi connectivity index (χ4n) is 2.66. The van der Waals surface area contributed by atoms with Crippen molar-refractivity contribution < 1.29 is 18.7 Å². The van der Waals surface area contributed by atoms with Crippen molar-refractivity contribution in [1.82, 2.24) is 4.57 Å². The van der Waals surface area contributed by atoms with Crippen LogP contribution in [-0.4, -0.2) is 15.6 Å². The summed E-state index contributed by atoms with van der Waals surface area (Å²) in [5.41, 5.74) is -0.166. The first kappa shape index (κ1) is 17.3. The Labute approximate surface area is 149 Å². The van der Waals surface area contributed by atoms with Crippen LogP contribution in [0, 0.1) is 18.6 Å². The van der Waals surface area contributed by atoms with Crippen LogP contribution in [-0.2, 0) is 6.54 Å². The lowest BCUT2D eigenvalue weighted by Gasteiger charge is -2.14. The molecule has 7 heteroatoms. The number of fused-ring (bicyclic) bond motifs is 1. The molecule has 0 amide bonds. The average Bonchev–Trinajstić information content (AvgIpc) is 2.54.